The Morgan fingerprint density at radius 2 is 2.00 bits per heavy atom. The van der Waals surface area contributed by atoms with Crippen molar-refractivity contribution in [1.82, 2.24) is 14.9 Å². The molecule has 0 bridgehead atoms. The van der Waals surface area contributed by atoms with Crippen LogP contribution < -0.4 is 10.6 Å². The van der Waals surface area contributed by atoms with Crippen LogP contribution in [0.1, 0.15) is 39.6 Å². The van der Waals surface area contributed by atoms with Gasteiger partial charge >= 0.3 is 0 Å². The van der Waals surface area contributed by atoms with Gasteiger partial charge in [0.2, 0.25) is 0 Å². The first-order valence-corrected chi connectivity index (χ1v) is 8.05. The fraction of sp³-hybridized carbons (Fsp3) is 0.278. The molecule has 3 rings (SSSR count). The second-order valence-corrected chi connectivity index (χ2v) is 5.66. The largest absolute Gasteiger partial charge is 0.347 e. The van der Waals surface area contributed by atoms with Gasteiger partial charge in [-0.2, -0.15) is 0 Å². The number of hydrogen-bond acceptors (Lipinski definition) is 3. The van der Waals surface area contributed by atoms with Gasteiger partial charge in [-0.05, 0) is 31.4 Å². The van der Waals surface area contributed by atoms with Gasteiger partial charge in [-0.3, -0.25) is 9.59 Å². The Morgan fingerprint density at radius 3 is 2.75 bits per heavy atom. The maximum absolute atomic E-state index is 12.6. The van der Waals surface area contributed by atoms with Crippen molar-refractivity contribution in [3.05, 3.63) is 60.2 Å². The first-order chi connectivity index (χ1) is 11.7. The van der Waals surface area contributed by atoms with E-state index < -0.39 is 0 Å². The molecule has 2 N–H and O–H groups in total. The van der Waals surface area contributed by atoms with Crippen molar-refractivity contribution >= 4 is 17.5 Å². The second-order valence-electron chi connectivity index (χ2n) is 5.66. The van der Waals surface area contributed by atoms with Crippen molar-refractivity contribution in [2.24, 2.45) is 0 Å². The highest BCUT2D eigenvalue weighted by molar-refractivity contribution is 6.03. The van der Waals surface area contributed by atoms with Gasteiger partial charge in [0.15, 0.2) is 5.82 Å². The molecule has 0 spiro atoms. The number of amides is 2. The van der Waals surface area contributed by atoms with E-state index in [9.17, 15) is 9.59 Å². The number of fused-ring (bicyclic) bond motifs is 1. The topological polar surface area (TPSA) is 76.0 Å². The number of rotatable bonds is 5. The van der Waals surface area contributed by atoms with E-state index >= 15 is 0 Å². The average molecular weight is 324 g/mol. The second kappa shape index (κ2) is 7.12. The van der Waals surface area contributed by atoms with Crippen LogP contribution in [0.3, 0.4) is 0 Å². The van der Waals surface area contributed by atoms with Crippen LogP contribution in [0, 0.1) is 0 Å². The number of nitrogens with one attached hydrogen (secondary N) is 2. The Labute approximate surface area is 140 Å². The van der Waals surface area contributed by atoms with E-state index in [1.807, 2.05) is 34.9 Å². The third-order valence-electron chi connectivity index (χ3n) is 3.97. The number of para-hydroxylation sites is 1. The monoisotopic (exact) mass is 324 g/mol. The predicted octanol–water partition coefficient (Wildman–Crippen LogP) is 2.39. The van der Waals surface area contributed by atoms with Crippen LogP contribution in [0.5, 0.6) is 0 Å². The Balaban J connectivity index is 1.90. The maximum Gasteiger partial charge on any atom is 0.291 e. The average Bonchev–Trinajstić information content (AvgIpc) is 3.00. The standard InChI is InChI=1S/C18H20N4O2/c1-2-11-19-17(23)15-14-10-6-7-12-22(14)16(21-15)18(24)20-13-8-4-3-5-9-13/h2-5,8-9H,1,6-7,10-12H2,(H,19,23)(H,20,24). The zero-order valence-corrected chi connectivity index (χ0v) is 13.4. The van der Waals surface area contributed by atoms with Crippen molar-refractivity contribution in [2.45, 2.75) is 25.8 Å². The number of carbonyl (C=O) groups is 2. The third-order valence-corrected chi connectivity index (χ3v) is 3.97. The van der Waals surface area contributed by atoms with Crippen molar-refractivity contribution in [3.8, 4) is 0 Å². The lowest BCUT2D eigenvalue weighted by Crippen LogP contribution is -2.25. The summed E-state index contributed by atoms with van der Waals surface area (Å²) in [5.41, 5.74) is 1.88. The third kappa shape index (κ3) is 3.22. The summed E-state index contributed by atoms with van der Waals surface area (Å²) < 4.78 is 1.87. The molecule has 1 aliphatic heterocycles. The molecule has 2 heterocycles. The molecule has 24 heavy (non-hydrogen) atoms. The van der Waals surface area contributed by atoms with Gasteiger partial charge in [-0.1, -0.05) is 24.3 Å². The van der Waals surface area contributed by atoms with Crippen molar-refractivity contribution < 1.29 is 9.59 Å². The fourth-order valence-corrected chi connectivity index (χ4v) is 2.86. The quantitative estimate of drug-likeness (QED) is 0.829. The number of imidazole rings is 1. The molecular formula is C18H20N4O2. The smallest absolute Gasteiger partial charge is 0.291 e. The number of hydrogen-bond donors (Lipinski definition) is 2. The van der Waals surface area contributed by atoms with Crippen LogP contribution in [-0.2, 0) is 13.0 Å². The Bertz CT molecular complexity index is 765. The molecule has 6 heteroatoms. The van der Waals surface area contributed by atoms with Gasteiger partial charge in [0.05, 0.1) is 5.69 Å². The summed E-state index contributed by atoms with van der Waals surface area (Å²) in [7, 11) is 0. The highest BCUT2D eigenvalue weighted by atomic mass is 16.2. The molecule has 0 saturated carbocycles. The highest BCUT2D eigenvalue weighted by Gasteiger charge is 2.27. The van der Waals surface area contributed by atoms with E-state index in [0.29, 0.717) is 24.5 Å². The van der Waals surface area contributed by atoms with Crippen LogP contribution in [0.25, 0.3) is 0 Å². The van der Waals surface area contributed by atoms with Crippen molar-refractivity contribution in [3.63, 3.8) is 0 Å². The summed E-state index contributed by atoms with van der Waals surface area (Å²) in [6.07, 6.45) is 4.34. The molecule has 1 aromatic heterocycles. The molecule has 2 amide bonds. The first kappa shape index (κ1) is 16.0. The van der Waals surface area contributed by atoms with E-state index in [2.05, 4.69) is 22.2 Å². The Hall–Kier alpha value is -2.89. The normalized spacial score (nSPS) is 13.0. The number of aromatic nitrogens is 2. The predicted molar refractivity (Wildman–Crippen MR) is 92.1 cm³/mol. The summed E-state index contributed by atoms with van der Waals surface area (Å²) in [5.74, 6) is -0.274. The minimum absolute atomic E-state index is 0.265. The minimum atomic E-state index is -0.299. The number of carbonyl (C=O) groups excluding carboxylic acids is 2. The van der Waals surface area contributed by atoms with Crippen LogP contribution in [-0.4, -0.2) is 27.9 Å². The summed E-state index contributed by atoms with van der Waals surface area (Å²) in [5, 5.41) is 5.57. The van der Waals surface area contributed by atoms with Crippen molar-refractivity contribution in [2.75, 3.05) is 11.9 Å². The molecule has 0 saturated heterocycles. The molecule has 6 nitrogen and oxygen atoms in total. The molecule has 0 aliphatic carbocycles. The lowest BCUT2D eigenvalue weighted by atomic mass is 10.1. The van der Waals surface area contributed by atoms with Gasteiger partial charge in [0.1, 0.15) is 5.69 Å². The molecular weight excluding hydrogens is 304 g/mol. The number of nitrogens with zero attached hydrogens (tertiary/aromatic N) is 2. The van der Waals surface area contributed by atoms with Crippen LogP contribution in [0.15, 0.2) is 43.0 Å². The van der Waals surface area contributed by atoms with Crippen LogP contribution in [0.2, 0.25) is 0 Å². The molecule has 0 fully saturated rings. The molecule has 0 radical (unpaired) electrons. The maximum atomic E-state index is 12.6. The van der Waals surface area contributed by atoms with E-state index in [4.69, 9.17) is 0 Å². The van der Waals surface area contributed by atoms with E-state index in [1.165, 1.54) is 0 Å². The minimum Gasteiger partial charge on any atom is -0.347 e. The lowest BCUT2D eigenvalue weighted by molar-refractivity contribution is 0.0952. The summed E-state index contributed by atoms with van der Waals surface area (Å²) in [6.45, 7) is 4.66. The molecule has 0 unspecified atom stereocenters. The molecule has 2 aromatic rings. The van der Waals surface area contributed by atoms with E-state index in [0.717, 1.165) is 25.0 Å². The first-order valence-electron chi connectivity index (χ1n) is 8.05. The van der Waals surface area contributed by atoms with E-state index in [1.54, 1.807) is 6.08 Å². The highest BCUT2D eigenvalue weighted by Crippen LogP contribution is 2.22. The van der Waals surface area contributed by atoms with Crippen LogP contribution in [0.4, 0.5) is 5.69 Å². The summed E-state index contributed by atoms with van der Waals surface area (Å²) in [4.78, 5) is 29.2. The Kier molecular flexibility index (Phi) is 4.74. The molecule has 124 valence electrons. The SMILES string of the molecule is C=CCNC(=O)c1nc(C(=O)Nc2ccccc2)n2c1CCCC2. The summed E-state index contributed by atoms with van der Waals surface area (Å²) >= 11 is 0. The van der Waals surface area contributed by atoms with E-state index in [-0.39, 0.29) is 17.6 Å². The zero-order valence-electron chi connectivity index (χ0n) is 13.4. The lowest BCUT2D eigenvalue weighted by Gasteiger charge is -2.17. The van der Waals surface area contributed by atoms with Crippen LogP contribution >= 0.6 is 0 Å². The zero-order chi connectivity index (χ0) is 16.9. The van der Waals surface area contributed by atoms with Gasteiger partial charge in [0, 0.05) is 18.8 Å². The Morgan fingerprint density at radius 1 is 1.21 bits per heavy atom. The van der Waals surface area contributed by atoms with Gasteiger partial charge in [-0.15, -0.1) is 6.58 Å². The van der Waals surface area contributed by atoms with Gasteiger partial charge in [-0.25, -0.2) is 4.98 Å². The molecule has 0 atom stereocenters. The number of anilines is 1. The van der Waals surface area contributed by atoms with Crippen molar-refractivity contribution in [1.29, 1.82) is 0 Å². The fourth-order valence-electron chi connectivity index (χ4n) is 2.86. The number of benzene rings is 1. The molecule has 1 aromatic carbocycles. The van der Waals surface area contributed by atoms with Gasteiger partial charge < -0.3 is 15.2 Å². The molecule has 1 aliphatic rings. The van der Waals surface area contributed by atoms with Gasteiger partial charge in [0.25, 0.3) is 11.8 Å². The summed E-state index contributed by atoms with van der Waals surface area (Å²) in [6, 6.07) is 9.22.